The average Bonchev–Trinajstić information content (AvgIpc) is 3.28. The van der Waals surface area contributed by atoms with Crippen LogP contribution < -0.4 is 21.9 Å². The molecule has 0 bridgehead atoms. The Labute approximate surface area is 170 Å². The SMILES string of the molecule is N#CC1=C(N)OC2NNC(c3ccc([N+](=O)[O-])cc3)C2C12C(=O)Nc1ccccc12. The van der Waals surface area contributed by atoms with Gasteiger partial charge >= 0.3 is 0 Å². The highest BCUT2D eigenvalue weighted by atomic mass is 16.6. The Morgan fingerprint density at radius 2 is 1.90 bits per heavy atom. The summed E-state index contributed by atoms with van der Waals surface area (Å²) in [6, 6.07) is 14.8. The van der Waals surface area contributed by atoms with Crippen molar-refractivity contribution in [2.45, 2.75) is 17.7 Å². The van der Waals surface area contributed by atoms with Gasteiger partial charge in [-0.3, -0.25) is 14.9 Å². The van der Waals surface area contributed by atoms with Crippen LogP contribution in [0.25, 0.3) is 0 Å². The summed E-state index contributed by atoms with van der Waals surface area (Å²) in [5.41, 5.74) is 12.8. The first kappa shape index (κ1) is 18.1. The summed E-state index contributed by atoms with van der Waals surface area (Å²) in [6.45, 7) is 0. The molecule has 0 aromatic heterocycles. The molecular formula is C20H16N6O4. The second-order valence-electron chi connectivity index (χ2n) is 7.34. The van der Waals surface area contributed by atoms with Crippen molar-refractivity contribution in [1.29, 1.82) is 5.26 Å². The number of amides is 1. The van der Waals surface area contributed by atoms with E-state index in [2.05, 4.69) is 22.2 Å². The fraction of sp³-hybridized carbons (Fsp3) is 0.200. The van der Waals surface area contributed by atoms with Crippen LogP contribution in [0.2, 0.25) is 0 Å². The minimum absolute atomic E-state index is 0.0401. The predicted octanol–water partition coefficient (Wildman–Crippen LogP) is 1.30. The number of nitriles is 1. The zero-order valence-corrected chi connectivity index (χ0v) is 15.5. The maximum atomic E-state index is 13.4. The van der Waals surface area contributed by atoms with Crippen LogP contribution >= 0.6 is 0 Å². The molecule has 2 aromatic rings. The maximum absolute atomic E-state index is 13.4. The number of para-hydroxylation sites is 1. The number of fused-ring (bicyclic) bond motifs is 4. The molecule has 150 valence electrons. The van der Waals surface area contributed by atoms with Gasteiger partial charge in [-0.15, -0.1) is 0 Å². The van der Waals surface area contributed by atoms with Gasteiger partial charge in [0.25, 0.3) is 5.69 Å². The summed E-state index contributed by atoms with van der Waals surface area (Å²) in [4.78, 5) is 24.0. The van der Waals surface area contributed by atoms with Crippen molar-refractivity contribution in [2.24, 2.45) is 11.7 Å². The number of nitrogens with two attached hydrogens (primary N) is 1. The minimum atomic E-state index is -1.37. The van der Waals surface area contributed by atoms with E-state index in [1.165, 1.54) is 12.1 Å². The number of carbonyl (C=O) groups is 1. The van der Waals surface area contributed by atoms with Gasteiger partial charge in [-0.25, -0.2) is 10.9 Å². The lowest BCUT2D eigenvalue weighted by Gasteiger charge is -2.42. The summed E-state index contributed by atoms with van der Waals surface area (Å²) >= 11 is 0. The van der Waals surface area contributed by atoms with Crippen molar-refractivity contribution in [3.05, 3.63) is 81.2 Å². The first-order valence-corrected chi connectivity index (χ1v) is 9.22. The monoisotopic (exact) mass is 404 g/mol. The molecule has 0 radical (unpaired) electrons. The number of nitro groups is 1. The van der Waals surface area contributed by atoms with E-state index in [1.807, 2.05) is 0 Å². The van der Waals surface area contributed by atoms with Crippen molar-refractivity contribution in [2.75, 3.05) is 5.32 Å². The number of nitro benzene ring substituents is 1. The second kappa shape index (κ2) is 6.28. The molecule has 2 aromatic carbocycles. The van der Waals surface area contributed by atoms with Crippen LogP contribution in [-0.4, -0.2) is 17.1 Å². The number of benzene rings is 2. The lowest BCUT2D eigenvalue weighted by Crippen LogP contribution is -2.54. The first-order valence-electron chi connectivity index (χ1n) is 9.22. The van der Waals surface area contributed by atoms with Crippen LogP contribution in [0.15, 0.2) is 60.0 Å². The van der Waals surface area contributed by atoms with E-state index in [4.69, 9.17) is 10.5 Å². The van der Waals surface area contributed by atoms with Gasteiger partial charge < -0.3 is 15.8 Å². The quantitative estimate of drug-likeness (QED) is 0.431. The molecule has 3 heterocycles. The molecule has 30 heavy (non-hydrogen) atoms. The van der Waals surface area contributed by atoms with Crippen molar-refractivity contribution in [1.82, 2.24) is 10.9 Å². The molecule has 10 nitrogen and oxygen atoms in total. The van der Waals surface area contributed by atoms with Crippen molar-refractivity contribution in [3.8, 4) is 6.07 Å². The van der Waals surface area contributed by atoms with E-state index < -0.39 is 28.5 Å². The molecule has 4 atom stereocenters. The number of nitrogens with one attached hydrogen (secondary N) is 3. The van der Waals surface area contributed by atoms with Crippen molar-refractivity contribution < 1.29 is 14.5 Å². The number of non-ortho nitro benzene ring substituents is 1. The van der Waals surface area contributed by atoms with E-state index in [0.717, 1.165) is 0 Å². The molecule has 1 saturated heterocycles. The average molecular weight is 404 g/mol. The van der Waals surface area contributed by atoms with Crippen molar-refractivity contribution in [3.63, 3.8) is 0 Å². The summed E-state index contributed by atoms with van der Waals surface area (Å²) in [6.07, 6.45) is -0.695. The third-order valence-corrected chi connectivity index (χ3v) is 5.99. The number of carbonyl (C=O) groups excluding carboxylic acids is 1. The topological polar surface area (TPSA) is 155 Å². The number of anilines is 1. The number of hydrogen-bond donors (Lipinski definition) is 4. The first-order chi connectivity index (χ1) is 14.5. The van der Waals surface area contributed by atoms with Gasteiger partial charge in [-0.05, 0) is 17.2 Å². The minimum Gasteiger partial charge on any atom is -0.458 e. The Hall–Kier alpha value is -3.94. The standard InChI is InChI=1S/C20H16N6O4/c21-9-13-17(22)30-18-15(20(13)12-3-1-2-4-14(12)23-19(20)27)16(24-25-18)10-5-7-11(8-6-10)26(28)29/h1-8,15-16,18,24-25H,22H2,(H,23,27). The normalized spacial score (nSPS) is 29.0. The Morgan fingerprint density at radius 1 is 1.17 bits per heavy atom. The molecule has 3 aliphatic heterocycles. The van der Waals surface area contributed by atoms with Gasteiger partial charge in [-0.1, -0.05) is 30.3 Å². The van der Waals surface area contributed by atoms with Crippen LogP contribution in [-0.2, 0) is 14.9 Å². The molecule has 10 heteroatoms. The fourth-order valence-corrected chi connectivity index (χ4v) is 4.76. The highest BCUT2D eigenvalue weighted by molar-refractivity contribution is 6.10. The largest absolute Gasteiger partial charge is 0.458 e. The molecule has 4 unspecified atom stereocenters. The summed E-state index contributed by atoms with van der Waals surface area (Å²) in [5, 5.41) is 23.8. The Balaban J connectivity index is 1.71. The van der Waals surface area contributed by atoms with Gasteiger partial charge in [0.2, 0.25) is 11.8 Å². The molecule has 1 fully saturated rings. The fourth-order valence-electron chi connectivity index (χ4n) is 4.76. The van der Waals surface area contributed by atoms with Crippen LogP contribution in [0.4, 0.5) is 11.4 Å². The Bertz CT molecular complexity index is 1150. The molecule has 1 spiro atoms. The van der Waals surface area contributed by atoms with Crippen molar-refractivity contribution >= 4 is 17.3 Å². The Morgan fingerprint density at radius 3 is 2.60 bits per heavy atom. The van der Waals surface area contributed by atoms with Crippen LogP contribution in [0.3, 0.4) is 0 Å². The van der Waals surface area contributed by atoms with E-state index in [0.29, 0.717) is 16.8 Å². The third-order valence-electron chi connectivity index (χ3n) is 5.99. The third kappa shape index (κ3) is 2.21. The van der Waals surface area contributed by atoms with Gasteiger partial charge in [0, 0.05) is 17.8 Å². The van der Waals surface area contributed by atoms with Gasteiger partial charge in [0.1, 0.15) is 17.1 Å². The number of ether oxygens (including phenoxy) is 1. The molecule has 5 N–H and O–H groups in total. The highest BCUT2D eigenvalue weighted by Crippen LogP contribution is 2.56. The summed E-state index contributed by atoms with van der Waals surface area (Å²) in [7, 11) is 0. The van der Waals surface area contributed by atoms with Gasteiger partial charge in [0.05, 0.1) is 16.9 Å². The zero-order valence-electron chi connectivity index (χ0n) is 15.5. The van der Waals surface area contributed by atoms with E-state index in [9.17, 15) is 20.2 Å². The Kier molecular flexibility index (Phi) is 3.79. The summed E-state index contributed by atoms with van der Waals surface area (Å²) in [5.74, 6) is -1.05. The highest BCUT2D eigenvalue weighted by Gasteiger charge is 2.65. The molecule has 0 aliphatic carbocycles. The second-order valence-corrected chi connectivity index (χ2v) is 7.34. The van der Waals surface area contributed by atoms with E-state index >= 15 is 0 Å². The predicted molar refractivity (Wildman–Crippen MR) is 104 cm³/mol. The molecule has 0 saturated carbocycles. The molecular weight excluding hydrogens is 388 g/mol. The maximum Gasteiger partial charge on any atom is 0.269 e. The number of rotatable bonds is 2. The summed E-state index contributed by atoms with van der Waals surface area (Å²) < 4.78 is 5.75. The van der Waals surface area contributed by atoms with Crippen LogP contribution in [0.1, 0.15) is 17.2 Å². The zero-order chi connectivity index (χ0) is 21.0. The molecule has 3 aliphatic rings. The molecule has 5 rings (SSSR count). The van der Waals surface area contributed by atoms with E-state index in [-0.39, 0.29) is 23.1 Å². The number of nitrogens with zero attached hydrogens (tertiary/aromatic N) is 2. The molecule has 1 amide bonds. The van der Waals surface area contributed by atoms with Gasteiger partial charge in [0.15, 0.2) is 6.23 Å². The smallest absolute Gasteiger partial charge is 0.269 e. The number of hydrogen-bond acceptors (Lipinski definition) is 8. The lowest BCUT2D eigenvalue weighted by atomic mass is 9.62. The van der Waals surface area contributed by atoms with Crippen LogP contribution in [0.5, 0.6) is 0 Å². The number of hydrazine groups is 1. The van der Waals surface area contributed by atoms with Crippen LogP contribution in [0, 0.1) is 27.4 Å². The van der Waals surface area contributed by atoms with E-state index in [1.54, 1.807) is 36.4 Å². The van der Waals surface area contributed by atoms with Gasteiger partial charge in [-0.2, -0.15) is 5.26 Å². The lowest BCUT2D eigenvalue weighted by molar-refractivity contribution is -0.384.